The Balaban J connectivity index is 2.99. The summed E-state index contributed by atoms with van der Waals surface area (Å²) in [5, 5.41) is 12.6. The van der Waals surface area contributed by atoms with Crippen LogP contribution in [0.1, 0.15) is 31.1 Å². The molecule has 1 N–H and O–H groups in total. The fraction of sp³-hybridized carbons (Fsp3) is 0.462. The lowest BCUT2D eigenvalue weighted by Crippen LogP contribution is -2.48. The second-order valence-corrected chi connectivity index (χ2v) is 5.28. The summed E-state index contributed by atoms with van der Waals surface area (Å²) < 4.78 is 0. The minimum absolute atomic E-state index is 0.0286. The molecule has 1 amide bonds. The molecule has 5 heteroatoms. The van der Waals surface area contributed by atoms with Gasteiger partial charge in [0, 0.05) is 6.20 Å². The SMILES string of the molecule is CSc1ncccc1C(=O)NC(C)(C#N)C(C)C. The number of aromatic nitrogens is 1. The summed E-state index contributed by atoms with van der Waals surface area (Å²) in [6.07, 6.45) is 3.51. The van der Waals surface area contributed by atoms with Gasteiger partial charge < -0.3 is 5.32 Å². The third-order valence-corrected chi connectivity index (χ3v) is 3.68. The Morgan fingerprint density at radius 2 is 2.28 bits per heavy atom. The van der Waals surface area contributed by atoms with Gasteiger partial charge in [0.15, 0.2) is 0 Å². The predicted octanol–water partition coefficient (Wildman–Crippen LogP) is 2.47. The van der Waals surface area contributed by atoms with Gasteiger partial charge in [-0.1, -0.05) is 13.8 Å². The Hall–Kier alpha value is -1.54. The quantitative estimate of drug-likeness (QED) is 0.847. The van der Waals surface area contributed by atoms with Crippen LogP contribution in [0.25, 0.3) is 0 Å². The largest absolute Gasteiger partial charge is 0.334 e. The number of carbonyl (C=O) groups excluding carboxylic acids is 1. The van der Waals surface area contributed by atoms with Crippen molar-refractivity contribution in [3.63, 3.8) is 0 Å². The summed E-state index contributed by atoms with van der Waals surface area (Å²) in [6.45, 7) is 5.54. The predicted molar refractivity (Wildman–Crippen MR) is 72.3 cm³/mol. The van der Waals surface area contributed by atoms with Crippen molar-refractivity contribution >= 4 is 17.7 Å². The van der Waals surface area contributed by atoms with Crippen molar-refractivity contribution in [2.75, 3.05) is 6.26 Å². The first kappa shape index (κ1) is 14.5. The molecular weight excluding hydrogens is 246 g/mol. The lowest BCUT2D eigenvalue weighted by atomic mass is 9.90. The van der Waals surface area contributed by atoms with E-state index < -0.39 is 5.54 Å². The molecule has 0 saturated heterocycles. The summed E-state index contributed by atoms with van der Waals surface area (Å²) in [5.41, 5.74) is -0.366. The zero-order valence-electron chi connectivity index (χ0n) is 11.0. The first-order chi connectivity index (χ1) is 8.44. The lowest BCUT2D eigenvalue weighted by Gasteiger charge is -2.27. The molecule has 0 aliphatic heterocycles. The lowest BCUT2D eigenvalue weighted by molar-refractivity contribution is 0.0904. The monoisotopic (exact) mass is 263 g/mol. The Morgan fingerprint density at radius 1 is 1.61 bits per heavy atom. The van der Waals surface area contributed by atoms with E-state index in [-0.39, 0.29) is 11.8 Å². The van der Waals surface area contributed by atoms with Crippen molar-refractivity contribution in [3.05, 3.63) is 23.9 Å². The van der Waals surface area contributed by atoms with Gasteiger partial charge in [-0.3, -0.25) is 4.79 Å². The van der Waals surface area contributed by atoms with Gasteiger partial charge in [-0.05, 0) is 31.2 Å². The van der Waals surface area contributed by atoms with E-state index in [1.165, 1.54) is 11.8 Å². The topological polar surface area (TPSA) is 65.8 Å². The Bertz CT molecular complexity index is 481. The fourth-order valence-electron chi connectivity index (χ4n) is 1.33. The summed E-state index contributed by atoms with van der Waals surface area (Å²) >= 11 is 1.41. The molecule has 0 fully saturated rings. The van der Waals surface area contributed by atoms with Crippen LogP contribution in [-0.2, 0) is 0 Å². The average Bonchev–Trinajstić information content (AvgIpc) is 2.38. The van der Waals surface area contributed by atoms with Crippen LogP contribution in [-0.4, -0.2) is 22.7 Å². The van der Waals surface area contributed by atoms with Crippen molar-refractivity contribution < 1.29 is 4.79 Å². The van der Waals surface area contributed by atoms with E-state index in [1.807, 2.05) is 20.1 Å². The van der Waals surface area contributed by atoms with Crippen LogP contribution < -0.4 is 5.32 Å². The average molecular weight is 263 g/mol. The van der Waals surface area contributed by atoms with Crippen molar-refractivity contribution in [2.45, 2.75) is 31.3 Å². The van der Waals surface area contributed by atoms with Crippen LogP contribution in [0, 0.1) is 17.2 Å². The molecule has 0 aromatic carbocycles. The van der Waals surface area contributed by atoms with Crippen molar-refractivity contribution in [1.82, 2.24) is 10.3 Å². The maximum atomic E-state index is 12.2. The molecule has 1 aromatic rings. The van der Waals surface area contributed by atoms with Crippen LogP contribution in [0.3, 0.4) is 0 Å². The van der Waals surface area contributed by atoms with Gasteiger partial charge in [0.2, 0.25) is 0 Å². The van der Waals surface area contributed by atoms with E-state index in [1.54, 1.807) is 25.3 Å². The molecule has 1 aromatic heterocycles. The van der Waals surface area contributed by atoms with E-state index in [0.717, 1.165) is 0 Å². The van der Waals surface area contributed by atoms with Gasteiger partial charge in [0.05, 0.1) is 11.6 Å². The number of thioether (sulfide) groups is 1. The molecule has 0 aliphatic rings. The molecule has 0 saturated carbocycles. The van der Waals surface area contributed by atoms with Gasteiger partial charge in [0.25, 0.3) is 5.91 Å². The second kappa shape index (κ2) is 5.87. The van der Waals surface area contributed by atoms with Crippen LogP contribution in [0.15, 0.2) is 23.4 Å². The first-order valence-corrected chi connectivity index (χ1v) is 6.90. The fourth-order valence-corrected chi connectivity index (χ4v) is 1.88. The summed E-state index contributed by atoms with van der Waals surface area (Å²) in [5.74, 6) is -0.231. The van der Waals surface area contributed by atoms with E-state index in [2.05, 4.69) is 16.4 Å². The second-order valence-electron chi connectivity index (χ2n) is 4.48. The highest BCUT2D eigenvalue weighted by Crippen LogP contribution is 2.20. The molecule has 4 nitrogen and oxygen atoms in total. The van der Waals surface area contributed by atoms with Gasteiger partial charge in [-0.2, -0.15) is 5.26 Å². The summed E-state index contributed by atoms with van der Waals surface area (Å²) in [4.78, 5) is 16.3. The molecule has 0 bridgehead atoms. The molecule has 18 heavy (non-hydrogen) atoms. The first-order valence-electron chi connectivity index (χ1n) is 5.67. The van der Waals surface area contributed by atoms with E-state index >= 15 is 0 Å². The number of rotatable bonds is 4. The molecule has 1 rings (SSSR count). The minimum atomic E-state index is -0.872. The van der Waals surface area contributed by atoms with Crippen LogP contribution in [0.2, 0.25) is 0 Å². The number of nitriles is 1. The minimum Gasteiger partial charge on any atom is -0.334 e. The summed E-state index contributed by atoms with van der Waals surface area (Å²) in [6, 6.07) is 5.59. The molecule has 1 atom stereocenters. The highest BCUT2D eigenvalue weighted by atomic mass is 32.2. The normalized spacial score (nSPS) is 13.8. The Labute approximate surface area is 112 Å². The number of nitrogens with zero attached hydrogens (tertiary/aromatic N) is 2. The highest BCUT2D eigenvalue weighted by Gasteiger charge is 2.31. The van der Waals surface area contributed by atoms with Crippen molar-refractivity contribution in [3.8, 4) is 6.07 Å². The number of hydrogen-bond acceptors (Lipinski definition) is 4. The Morgan fingerprint density at radius 3 is 2.78 bits per heavy atom. The zero-order chi connectivity index (χ0) is 13.8. The number of pyridine rings is 1. The van der Waals surface area contributed by atoms with Crippen molar-refractivity contribution in [1.29, 1.82) is 5.26 Å². The molecule has 0 aliphatic carbocycles. The van der Waals surface area contributed by atoms with Gasteiger partial charge in [-0.25, -0.2) is 4.98 Å². The standard InChI is InChI=1S/C13H17N3OS/c1-9(2)13(3,8-14)16-11(17)10-6-5-7-15-12(10)18-4/h5-7,9H,1-4H3,(H,16,17). The van der Waals surface area contributed by atoms with E-state index in [9.17, 15) is 10.1 Å². The number of amides is 1. The van der Waals surface area contributed by atoms with E-state index in [4.69, 9.17) is 0 Å². The molecule has 96 valence electrons. The van der Waals surface area contributed by atoms with Crippen LogP contribution >= 0.6 is 11.8 Å². The number of carbonyl (C=O) groups is 1. The third kappa shape index (κ3) is 3.02. The maximum Gasteiger partial charge on any atom is 0.255 e. The maximum absolute atomic E-state index is 12.2. The van der Waals surface area contributed by atoms with Gasteiger partial charge in [0.1, 0.15) is 10.6 Å². The van der Waals surface area contributed by atoms with E-state index in [0.29, 0.717) is 10.6 Å². The Kier molecular flexibility index (Phi) is 4.74. The molecule has 0 spiro atoms. The van der Waals surface area contributed by atoms with Crippen LogP contribution in [0.5, 0.6) is 0 Å². The molecule has 1 heterocycles. The van der Waals surface area contributed by atoms with Crippen molar-refractivity contribution in [2.24, 2.45) is 5.92 Å². The molecule has 1 unspecified atom stereocenters. The van der Waals surface area contributed by atoms with Crippen LogP contribution in [0.4, 0.5) is 0 Å². The number of nitrogens with one attached hydrogen (secondary N) is 1. The highest BCUT2D eigenvalue weighted by molar-refractivity contribution is 7.98. The zero-order valence-corrected chi connectivity index (χ0v) is 11.8. The molecule has 0 radical (unpaired) electrons. The summed E-state index contributed by atoms with van der Waals surface area (Å²) in [7, 11) is 0. The third-order valence-electron chi connectivity index (χ3n) is 2.97. The number of hydrogen-bond donors (Lipinski definition) is 1. The van der Waals surface area contributed by atoms with Gasteiger partial charge in [-0.15, -0.1) is 11.8 Å². The van der Waals surface area contributed by atoms with Gasteiger partial charge >= 0.3 is 0 Å². The molecular formula is C13H17N3OS. The smallest absolute Gasteiger partial charge is 0.255 e.